The summed E-state index contributed by atoms with van der Waals surface area (Å²) in [6, 6.07) is 4.70. The molecule has 4 nitrogen and oxygen atoms in total. The number of fused-ring (bicyclic) bond motifs is 3. The summed E-state index contributed by atoms with van der Waals surface area (Å²) < 4.78 is 15.7. The lowest BCUT2D eigenvalue weighted by molar-refractivity contribution is -0.136. The first-order valence-corrected chi connectivity index (χ1v) is 6.26. The number of halogens is 1. The zero-order chi connectivity index (χ0) is 13.6. The third-order valence-electron chi connectivity index (χ3n) is 3.69. The van der Waals surface area contributed by atoms with Crippen molar-refractivity contribution in [2.75, 3.05) is 0 Å². The van der Waals surface area contributed by atoms with Gasteiger partial charge in [0.2, 0.25) is 0 Å². The summed E-state index contributed by atoms with van der Waals surface area (Å²) in [5.41, 5.74) is 1.93. The molecule has 0 bridgehead atoms. The molecule has 100 valence electrons. The van der Waals surface area contributed by atoms with Gasteiger partial charge in [-0.3, -0.25) is 4.79 Å². The first-order valence-electron chi connectivity index (χ1n) is 6.26. The van der Waals surface area contributed by atoms with Gasteiger partial charge in [-0.1, -0.05) is 12.1 Å². The van der Waals surface area contributed by atoms with Gasteiger partial charge in [-0.05, 0) is 24.5 Å². The number of aliphatic hydroxyl groups excluding tert-OH is 1. The van der Waals surface area contributed by atoms with E-state index in [4.69, 9.17) is 5.11 Å². The number of nitrogens with zero attached hydrogens (tertiary/aromatic N) is 1. The molecule has 2 aromatic rings. The fourth-order valence-electron chi connectivity index (χ4n) is 2.93. The van der Waals surface area contributed by atoms with Gasteiger partial charge in [-0.2, -0.15) is 0 Å². The van der Waals surface area contributed by atoms with E-state index >= 15 is 0 Å². The number of hydrogen-bond donors (Lipinski definition) is 2. The summed E-state index contributed by atoms with van der Waals surface area (Å²) in [4.78, 5) is 11.0. The molecule has 5 heteroatoms. The summed E-state index contributed by atoms with van der Waals surface area (Å²) >= 11 is 0. The standard InChI is InChI=1S/C14H14FNO3/c15-11-3-1-2-9-10(6-13(18)19)12-5-4-8(17)7-16(12)14(9)11/h1-3,8,17H,4-7H2,(H,18,19)/t8-/m0/s1. The van der Waals surface area contributed by atoms with Crippen molar-refractivity contribution >= 4 is 16.9 Å². The molecular formula is C14H14FNO3. The van der Waals surface area contributed by atoms with E-state index in [-0.39, 0.29) is 12.2 Å². The van der Waals surface area contributed by atoms with Crippen molar-refractivity contribution in [1.82, 2.24) is 4.57 Å². The maximum Gasteiger partial charge on any atom is 0.307 e. The number of carboxylic acid groups (broad SMARTS) is 1. The highest BCUT2D eigenvalue weighted by Crippen LogP contribution is 2.32. The SMILES string of the molecule is O=C(O)Cc1c2n(c3c(F)cccc13)C[C@@H](O)CC2. The van der Waals surface area contributed by atoms with Crippen LogP contribution in [0.1, 0.15) is 17.7 Å². The minimum atomic E-state index is -0.925. The zero-order valence-corrected chi connectivity index (χ0v) is 10.3. The highest BCUT2D eigenvalue weighted by molar-refractivity contribution is 5.89. The lowest BCUT2D eigenvalue weighted by Gasteiger charge is -2.22. The Bertz CT molecular complexity index is 662. The number of aromatic nitrogens is 1. The average Bonchev–Trinajstić information content (AvgIpc) is 2.64. The second-order valence-electron chi connectivity index (χ2n) is 4.93. The second kappa shape index (κ2) is 4.35. The lowest BCUT2D eigenvalue weighted by Crippen LogP contribution is -2.24. The number of carboxylic acids is 1. The number of aliphatic hydroxyl groups is 1. The molecular weight excluding hydrogens is 249 g/mol. The van der Waals surface area contributed by atoms with Crippen molar-refractivity contribution in [2.45, 2.75) is 31.9 Å². The molecule has 1 aliphatic heterocycles. The second-order valence-corrected chi connectivity index (χ2v) is 4.93. The predicted molar refractivity (Wildman–Crippen MR) is 67.6 cm³/mol. The molecule has 0 radical (unpaired) electrons. The van der Waals surface area contributed by atoms with Crippen LogP contribution in [0.15, 0.2) is 18.2 Å². The van der Waals surface area contributed by atoms with E-state index in [1.165, 1.54) is 6.07 Å². The molecule has 1 aromatic heterocycles. The van der Waals surface area contributed by atoms with Crippen LogP contribution in [0, 0.1) is 5.82 Å². The molecule has 0 aliphatic carbocycles. The molecule has 0 fully saturated rings. The summed E-state index contributed by atoms with van der Waals surface area (Å²) in [6.07, 6.45) is 0.557. The van der Waals surface area contributed by atoms with E-state index in [0.717, 1.165) is 5.69 Å². The summed E-state index contributed by atoms with van der Waals surface area (Å²) in [5.74, 6) is -1.30. The topological polar surface area (TPSA) is 62.5 Å². The normalized spacial score (nSPS) is 18.5. The van der Waals surface area contributed by atoms with Crippen molar-refractivity contribution in [1.29, 1.82) is 0 Å². The molecule has 0 saturated carbocycles. The van der Waals surface area contributed by atoms with Crippen molar-refractivity contribution in [3.05, 3.63) is 35.3 Å². The fourth-order valence-corrected chi connectivity index (χ4v) is 2.93. The van der Waals surface area contributed by atoms with E-state index < -0.39 is 12.1 Å². The van der Waals surface area contributed by atoms with Crippen molar-refractivity contribution in [2.24, 2.45) is 0 Å². The van der Waals surface area contributed by atoms with Crippen LogP contribution in [0.5, 0.6) is 0 Å². The van der Waals surface area contributed by atoms with Gasteiger partial charge < -0.3 is 14.8 Å². The van der Waals surface area contributed by atoms with Crippen LogP contribution >= 0.6 is 0 Å². The molecule has 2 N–H and O–H groups in total. The Morgan fingerprint density at radius 2 is 2.26 bits per heavy atom. The van der Waals surface area contributed by atoms with Gasteiger partial charge in [0.25, 0.3) is 0 Å². The number of carbonyl (C=O) groups is 1. The Labute approximate surface area is 109 Å². The Morgan fingerprint density at radius 1 is 1.47 bits per heavy atom. The summed E-state index contributed by atoms with van der Waals surface area (Å²) in [6.45, 7) is 0.326. The first-order chi connectivity index (χ1) is 9.08. The largest absolute Gasteiger partial charge is 0.481 e. The van der Waals surface area contributed by atoms with Crippen LogP contribution in [-0.2, 0) is 24.2 Å². The molecule has 19 heavy (non-hydrogen) atoms. The van der Waals surface area contributed by atoms with E-state index in [9.17, 15) is 14.3 Å². The number of hydrogen-bond acceptors (Lipinski definition) is 2. The van der Waals surface area contributed by atoms with E-state index in [2.05, 4.69) is 0 Å². The third-order valence-corrected chi connectivity index (χ3v) is 3.69. The minimum Gasteiger partial charge on any atom is -0.481 e. The Morgan fingerprint density at radius 3 is 3.00 bits per heavy atom. The number of aliphatic carboxylic acids is 1. The lowest BCUT2D eigenvalue weighted by atomic mass is 10.0. The van der Waals surface area contributed by atoms with Gasteiger partial charge in [-0.15, -0.1) is 0 Å². The highest BCUT2D eigenvalue weighted by atomic mass is 19.1. The van der Waals surface area contributed by atoms with Crippen LogP contribution in [-0.4, -0.2) is 26.9 Å². The molecule has 1 aliphatic rings. The molecule has 0 unspecified atom stereocenters. The third kappa shape index (κ3) is 1.90. The predicted octanol–water partition coefficient (Wildman–Crippen LogP) is 1.71. The smallest absolute Gasteiger partial charge is 0.307 e. The zero-order valence-electron chi connectivity index (χ0n) is 10.3. The Kier molecular flexibility index (Phi) is 2.78. The maximum atomic E-state index is 14.0. The average molecular weight is 263 g/mol. The molecule has 2 heterocycles. The van der Waals surface area contributed by atoms with Crippen molar-refractivity contribution < 1.29 is 19.4 Å². The van der Waals surface area contributed by atoms with Crippen LogP contribution < -0.4 is 0 Å². The number of para-hydroxylation sites is 1. The first kappa shape index (κ1) is 12.2. The molecule has 0 amide bonds. The maximum absolute atomic E-state index is 14.0. The monoisotopic (exact) mass is 263 g/mol. The summed E-state index contributed by atoms with van der Waals surface area (Å²) in [7, 11) is 0. The van der Waals surface area contributed by atoms with E-state index in [1.807, 2.05) is 0 Å². The van der Waals surface area contributed by atoms with Gasteiger partial charge in [0.15, 0.2) is 0 Å². The van der Waals surface area contributed by atoms with Gasteiger partial charge in [-0.25, -0.2) is 4.39 Å². The molecule has 3 rings (SSSR count). The Balaban J connectivity index is 2.30. The van der Waals surface area contributed by atoms with E-state index in [1.54, 1.807) is 16.7 Å². The molecule has 0 spiro atoms. The van der Waals surface area contributed by atoms with Crippen LogP contribution in [0.2, 0.25) is 0 Å². The minimum absolute atomic E-state index is 0.113. The molecule has 0 saturated heterocycles. The Hall–Kier alpha value is -1.88. The molecule has 1 atom stereocenters. The van der Waals surface area contributed by atoms with Gasteiger partial charge in [0, 0.05) is 17.6 Å². The fraction of sp³-hybridized carbons (Fsp3) is 0.357. The van der Waals surface area contributed by atoms with E-state index in [0.29, 0.717) is 35.9 Å². The van der Waals surface area contributed by atoms with Crippen molar-refractivity contribution in [3.8, 4) is 0 Å². The van der Waals surface area contributed by atoms with Gasteiger partial charge in [0.1, 0.15) is 5.82 Å². The van der Waals surface area contributed by atoms with Crippen molar-refractivity contribution in [3.63, 3.8) is 0 Å². The van der Waals surface area contributed by atoms with Crippen LogP contribution in [0.3, 0.4) is 0 Å². The summed E-state index contributed by atoms with van der Waals surface area (Å²) in [5, 5.41) is 19.4. The number of rotatable bonds is 2. The molecule has 1 aromatic carbocycles. The number of benzene rings is 1. The van der Waals surface area contributed by atoms with Crippen LogP contribution in [0.4, 0.5) is 4.39 Å². The van der Waals surface area contributed by atoms with Gasteiger partial charge >= 0.3 is 5.97 Å². The van der Waals surface area contributed by atoms with Gasteiger partial charge in [0.05, 0.1) is 18.0 Å². The van der Waals surface area contributed by atoms with Crippen LogP contribution in [0.25, 0.3) is 10.9 Å². The quantitative estimate of drug-likeness (QED) is 0.867. The highest BCUT2D eigenvalue weighted by Gasteiger charge is 2.26.